The summed E-state index contributed by atoms with van der Waals surface area (Å²) < 4.78 is 10.7. The normalized spacial score (nSPS) is 18.5. The fourth-order valence-corrected chi connectivity index (χ4v) is 3.11. The molecule has 0 amide bonds. The molecule has 0 aliphatic carbocycles. The Morgan fingerprint density at radius 3 is 2.43 bits per heavy atom. The molecule has 1 saturated heterocycles. The third-order valence-corrected chi connectivity index (χ3v) is 4.58. The Bertz CT molecular complexity index is 442. The molecule has 0 aromatic heterocycles. The van der Waals surface area contributed by atoms with E-state index < -0.39 is 0 Å². The molecule has 118 valence electrons. The molecule has 4 nitrogen and oxygen atoms in total. The third-order valence-electron chi connectivity index (χ3n) is 4.58. The van der Waals surface area contributed by atoms with Crippen molar-refractivity contribution in [2.24, 2.45) is 11.7 Å². The summed E-state index contributed by atoms with van der Waals surface area (Å²) in [5, 5.41) is 0. The molecule has 0 bridgehead atoms. The SMILES string of the molecule is COc1ccc(CC(C)N2CCC(CN)CC2)cc1OC. The van der Waals surface area contributed by atoms with Gasteiger partial charge in [-0.1, -0.05) is 6.07 Å². The van der Waals surface area contributed by atoms with Crippen molar-refractivity contribution in [3.8, 4) is 11.5 Å². The van der Waals surface area contributed by atoms with E-state index in [1.165, 1.54) is 18.4 Å². The minimum Gasteiger partial charge on any atom is -0.493 e. The molecule has 2 rings (SSSR count). The van der Waals surface area contributed by atoms with Crippen molar-refractivity contribution in [2.75, 3.05) is 33.9 Å². The van der Waals surface area contributed by atoms with Gasteiger partial charge in [0.1, 0.15) is 0 Å². The van der Waals surface area contributed by atoms with Gasteiger partial charge in [-0.15, -0.1) is 0 Å². The summed E-state index contributed by atoms with van der Waals surface area (Å²) in [5.41, 5.74) is 7.06. The molecule has 1 heterocycles. The molecule has 1 atom stereocenters. The highest BCUT2D eigenvalue weighted by atomic mass is 16.5. The number of hydrogen-bond acceptors (Lipinski definition) is 4. The summed E-state index contributed by atoms with van der Waals surface area (Å²) in [6.45, 7) is 5.46. The first kappa shape index (κ1) is 16.1. The van der Waals surface area contributed by atoms with Crippen molar-refractivity contribution in [3.05, 3.63) is 23.8 Å². The van der Waals surface area contributed by atoms with Crippen LogP contribution in [0.1, 0.15) is 25.3 Å². The second-order valence-electron chi connectivity index (χ2n) is 5.96. The first-order chi connectivity index (χ1) is 10.2. The number of benzene rings is 1. The smallest absolute Gasteiger partial charge is 0.160 e. The van der Waals surface area contributed by atoms with Gasteiger partial charge in [-0.3, -0.25) is 0 Å². The van der Waals surface area contributed by atoms with Crippen LogP contribution in [0.2, 0.25) is 0 Å². The topological polar surface area (TPSA) is 47.7 Å². The number of rotatable bonds is 6. The van der Waals surface area contributed by atoms with Gasteiger partial charge >= 0.3 is 0 Å². The van der Waals surface area contributed by atoms with Crippen LogP contribution in [0.5, 0.6) is 11.5 Å². The Hall–Kier alpha value is -1.26. The molecule has 2 N–H and O–H groups in total. The molecular weight excluding hydrogens is 264 g/mol. The maximum atomic E-state index is 5.76. The molecular formula is C17H28N2O2. The van der Waals surface area contributed by atoms with Gasteiger partial charge < -0.3 is 20.1 Å². The van der Waals surface area contributed by atoms with Crippen molar-refractivity contribution in [2.45, 2.75) is 32.2 Å². The standard InChI is InChI=1S/C17H28N2O2/c1-13(19-8-6-14(12-18)7-9-19)10-15-4-5-16(20-2)17(11-15)21-3/h4-5,11,13-14H,6-10,12,18H2,1-3H3. The van der Waals surface area contributed by atoms with Gasteiger partial charge in [0.2, 0.25) is 0 Å². The van der Waals surface area contributed by atoms with E-state index in [2.05, 4.69) is 24.0 Å². The zero-order chi connectivity index (χ0) is 15.2. The number of piperidine rings is 1. The van der Waals surface area contributed by atoms with Crippen molar-refractivity contribution in [3.63, 3.8) is 0 Å². The minimum absolute atomic E-state index is 0.543. The molecule has 4 heteroatoms. The molecule has 1 aromatic rings. The first-order valence-electron chi connectivity index (χ1n) is 7.83. The summed E-state index contributed by atoms with van der Waals surface area (Å²) in [6.07, 6.45) is 3.49. The number of nitrogens with zero attached hydrogens (tertiary/aromatic N) is 1. The molecule has 1 aromatic carbocycles. The van der Waals surface area contributed by atoms with Gasteiger partial charge in [-0.2, -0.15) is 0 Å². The summed E-state index contributed by atoms with van der Waals surface area (Å²) in [5.74, 6) is 2.32. The van der Waals surface area contributed by atoms with E-state index in [1.54, 1.807) is 14.2 Å². The number of ether oxygens (including phenoxy) is 2. The molecule has 1 aliphatic heterocycles. The third kappa shape index (κ3) is 4.11. The van der Waals surface area contributed by atoms with Crippen LogP contribution in [0, 0.1) is 5.92 Å². The van der Waals surface area contributed by atoms with Crippen molar-refractivity contribution in [1.82, 2.24) is 4.90 Å². The zero-order valence-electron chi connectivity index (χ0n) is 13.5. The van der Waals surface area contributed by atoms with Gasteiger partial charge in [0.05, 0.1) is 14.2 Å². The molecule has 0 spiro atoms. The first-order valence-corrected chi connectivity index (χ1v) is 7.83. The van der Waals surface area contributed by atoms with Gasteiger partial charge in [0.15, 0.2) is 11.5 Å². The lowest BCUT2D eigenvalue weighted by atomic mass is 9.95. The predicted octanol–water partition coefficient (Wildman–Crippen LogP) is 2.31. The van der Waals surface area contributed by atoms with E-state index in [1.807, 2.05) is 6.07 Å². The van der Waals surface area contributed by atoms with Gasteiger partial charge in [-0.25, -0.2) is 0 Å². The van der Waals surface area contributed by atoms with E-state index in [0.717, 1.165) is 43.5 Å². The second kappa shape index (κ2) is 7.66. The van der Waals surface area contributed by atoms with Crippen molar-refractivity contribution < 1.29 is 9.47 Å². The summed E-state index contributed by atoms with van der Waals surface area (Å²) in [7, 11) is 3.35. The molecule has 21 heavy (non-hydrogen) atoms. The Kier molecular flexibility index (Phi) is 5.88. The predicted molar refractivity (Wildman–Crippen MR) is 86.1 cm³/mol. The maximum Gasteiger partial charge on any atom is 0.160 e. The average molecular weight is 292 g/mol. The van der Waals surface area contributed by atoms with Crippen LogP contribution in [0.3, 0.4) is 0 Å². The molecule has 0 saturated carbocycles. The van der Waals surface area contributed by atoms with Gasteiger partial charge in [0, 0.05) is 6.04 Å². The largest absolute Gasteiger partial charge is 0.493 e. The Balaban J connectivity index is 1.95. The number of nitrogens with two attached hydrogens (primary N) is 1. The van der Waals surface area contributed by atoms with Crippen LogP contribution in [-0.2, 0) is 6.42 Å². The van der Waals surface area contributed by atoms with Crippen LogP contribution >= 0.6 is 0 Å². The quantitative estimate of drug-likeness (QED) is 0.874. The fourth-order valence-electron chi connectivity index (χ4n) is 3.11. The van der Waals surface area contributed by atoms with E-state index in [-0.39, 0.29) is 0 Å². The number of methoxy groups -OCH3 is 2. The number of likely N-dealkylation sites (tertiary alicyclic amines) is 1. The van der Waals surface area contributed by atoms with E-state index in [4.69, 9.17) is 15.2 Å². The summed E-state index contributed by atoms with van der Waals surface area (Å²) >= 11 is 0. The highest BCUT2D eigenvalue weighted by Gasteiger charge is 2.22. The summed E-state index contributed by atoms with van der Waals surface area (Å²) in [4.78, 5) is 2.57. The van der Waals surface area contributed by atoms with E-state index in [0.29, 0.717) is 6.04 Å². The maximum absolute atomic E-state index is 5.76. The monoisotopic (exact) mass is 292 g/mol. The molecule has 1 fully saturated rings. The fraction of sp³-hybridized carbons (Fsp3) is 0.647. The lowest BCUT2D eigenvalue weighted by molar-refractivity contribution is 0.142. The van der Waals surface area contributed by atoms with Crippen molar-refractivity contribution in [1.29, 1.82) is 0 Å². The zero-order valence-corrected chi connectivity index (χ0v) is 13.5. The Morgan fingerprint density at radius 2 is 1.86 bits per heavy atom. The van der Waals surface area contributed by atoms with Crippen LogP contribution in [-0.4, -0.2) is 44.8 Å². The van der Waals surface area contributed by atoms with Crippen LogP contribution in [0.15, 0.2) is 18.2 Å². The average Bonchev–Trinajstić information content (AvgIpc) is 2.54. The van der Waals surface area contributed by atoms with Crippen molar-refractivity contribution >= 4 is 0 Å². The summed E-state index contributed by atoms with van der Waals surface area (Å²) in [6, 6.07) is 6.75. The Morgan fingerprint density at radius 1 is 1.19 bits per heavy atom. The van der Waals surface area contributed by atoms with Gasteiger partial charge in [0.25, 0.3) is 0 Å². The minimum atomic E-state index is 0.543. The highest BCUT2D eigenvalue weighted by molar-refractivity contribution is 5.43. The lowest BCUT2D eigenvalue weighted by Gasteiger charge is -2.35. The number of hydrogen-bond donors (Lipinski definition) is 1. The highest BCUT2D eigenvalue weighted by Crippen LogP contribution is 2.28. The van der Waals surface area contributed by atoms with E-state index >= 15 is 0 Å². The lowest BCUT2D eigenvalue weighted by Crippen LogP contribution is -2.42. The molecule has 0 radical (unpaired) electrons. The molecule has 1 unspecified atom stereocenters. The van der Waals surface area contributed by atoms with Crippen LogP contribution in [0.25, 0.3) is 0 Å². The van der Waals surface area contributed by atoms with Crippen LogP contribution < -0.4 is 15.2 Å². The van der Waals surface area contributed by atoms with Crippen LogP contribution in [0.4, 0.5) is 0 Å². The molecule has 1 aliphatic rings. The Labute approximate surface area is 128 Å². The van der Waals surface area contributed by atoms with E-state index in [9.17, 15) is 0 Å². The van der Waals surface area contributed by atoms with Gasteiger partial charge in [-0.05, 0) is 69.4 Å². The second-order valence-corrected chi connectivity index (χ2v) is 5.96.